The molecule has 0 spiro atoms. The number of aryl methyl sites for hydroxylation is 1. The number of azo groups is 1. The fourth-order valence-corrected chi connectivity index (χ4v) is 4.55. The Morgan fingerprint density at radius 3 is 2.26 bits per heavy atom. The fraction of sp³-hybridized carbons (Fsp3) is 0.214. The molecule has 0 saturated carbocycles. The largest absolute Gasteiger partial charge is 0.342 e. The van der Waals surface area contributed by atoms with Gasteiger partial charge >= 0.3 is 0 Å². The molecule has 38 heavy (non-hydrogen) atoms. The van der Waals surface area contributed by atoms with E-state index in [4.69, 9.17) is 0 Å². The van der Waals surface area contributed by atoms with Crippen LogP contribution >= 0.6 is 11.8 Å². The maximum Gasteiger partial charge on any atom is 0.252 e. The first-order chi connectivity index (χ1) is 18.4. The first-order valence-corrected chi connectivity index (χ1v) is 13.2. The number of rotatable bonds is 10. The molecule has 0 aliphatic carbocycles. The molecule has 0 fully saturated rings. The van der Waals surface area contributed by atoms with E-state index in [1.54, 1.807) is 30.3 Å². The molecule has 0 radical (unpaired) electrons. The summed E-state index contributed by atoms with van der Waals surface area (Å²) in [4.78, 5) is 25.3. The summed E-state index contributed by atoms with van der Waals surface area (Å²) < 4.78 is 1.91. The SMILES string of the molecule is CCn1c(SCC(=O)Nc2ccc(N=Nc3ccccc3)cc2)nnc1[C@H](C)NC(=O)c1ccccc1C. The van der Waals surface area contributed by atoms with E-state index in [0.717, 1.165) is 11.3 Å². The number of nitrogens with zero attached hydrogens (tertiary/aromatic N) is 5. The van der Waals surface area contributed by atoms with E-state index < -0.39 is 0 Å². The first kappa shape index (κ1) is 26.7. The van der Waals surface area contributed by atoms with Gasteiger partial charge in [-0.05, 0) is 68.8 Å². The molecule has 2 N–H and O–H groups in total. The van der Waals surface area contributed by atoms with Crippen molar-refractivity contribution in [2.75, 3.05) is 11.1 Å². The lowest BCUT2D eigenvalue weighted by Gasteiger charge is -2.16. The number of amides is 2. The number of hydrogen-bond acceptors (Lipinski definition) is 7. The summed E-state index contributed by atoms with van der Waals surface area (Å²) in [6, 6.07) is 23.7. The zero-order valence-electron chi connectivity index (χ0n) is 21.5. The zero-order chi connectivity index (χ0) is 26.9. The van der Waals surface area contributed by atoms with Crippen LogP contribution in [0.15, 0.2) is 94.2 Å². The van der Waals surface area contributed by atoms with Crippen molar-refractivity contribution in [3.8, 4) is 0 Å². The monoisotopic (exact) mass is 527 g/mol. The van der Waals surface area contributed by atoms with Crippen molar-refractivity contribution in [1.82, 2.24) is 20.1 Å². The molecular formula is C28H29N7O2S. The minimum atomic E-state index is -0.352. The number of aromatic nitrogens is 3. The molecule has 4 rings (SSSR count). The molecule has 4 aromatic rings. The van der Waals surface area contributed by atoms with Crippen LogP contribution in [0.3, 0.4) is 0 Å². The second kappa shape index (κ2) is 12.8. The van der Waals surface area contributed by atoms with E-state index in [-0.39, 0.29) is 23.6 Å². The third-order valence-corrected chi connectivity index (χ3v) is 6.67. The second-order valence-electron chi connectivity index (χ2n) is 8.51. The molecule has 10 heteroatoms. The zero-order valence-corrected chi connectivity index (χ0v) is 22.3. The van der Waals surface area contributed by atoms with Crippen LogP contribution in [0.4, 0.5) is 17.1 Å². The first-order valence-electron chi connectivity index (χ1n) is 12.2. The van der Waals surface area contributed by atoms with Crippen LogP contribution in [-0.4, -0.2) is 32.3 Å². The van der Waals surface area contributed by atoms with Crippen LogP contribution in [0, 0.1) is 6.92 Å². The lowest BCUT2D eigenvalue weighted by Crippen LogP contribution is -2.29. The third-order valence-electron chi connectivity index (χ3n) is 5.71. The van der Waals surface area contributed by atoms with Crippen LogP contribution in [0.1, 0.15) is 41.6 Å². The van der Waals surface area contributed by atoms with E-state index in [1.165, 1.54) is 11.8 Å². The summed E-state index contributed by atoms with van der Waals surface area (Å²) in [5, 5.41) is 23.5. The Balaban J connectivity index is 1.32. The van der Waals surface area contributed by atoms with Crippen LogP contribution in [0.2, 0.25) is 0 Å². The molecule has 0 aliphatic rings. The Morgan fingerprint density at radius 1 is 0.921 bits per heavy atom. The normalized spacial score (nSPS) is 11.9. The van der Waals surface area contributed by atoms with E-state index in [2.05, 4.69) is 31.1 Å². The molecular weight excluding hydrogens is 498 g/mol. The van der Waals surface area contributed by atoms with Gasteiger partial charge in [0.05, 0.1) is 23.2 Å². The van der Waals surface area contributed by atoms with E-state index in [9.17, 15) is 9.59 Å². The van der Waals surface area contributed by atoms with Crippen LogP contribution in [0.25, 0.3) is 0 Å². The van der Waals surface area contributed by atoms with Crippen molar-refractivity contribution in [2.24, 2.45) is 10.2 Å². The Hall–Kier alpha value is -4.31. The summed E-state index contributed by atoms with van der Waals surface area (Å²) in [7, 11) is 0. The van der Waals surface area contributed by atoms with Gasteiger partial charge in [-0.2, -0.15) is 10.2 Å². The average Bonchev–Trinajstić information content (AvgIpc) is 3.35. The van der Waals surface area contributed by atoms with Gasteiger partial charge in [-0.25, -0.2) is 0 Å². The van der Waals surface area contributed by atoms with Crippen molar-refractivity contribution in [2.45, 2.75) is 38.5 Å². The molecule has 1 atom stereocenters. The second-order valence-corrected chi connectivity index (χ2v) is 9.46. The number of thioether (sulfide) groups is 1. The predicted molar refractivity (Wildman–Crippen MR) is 149 cm³/mol. The van der Waals surface area contributed by atoms with Crippen LogP contribution < -0.4 is 10.6 Å². The molecule has 2 amide bonds. The highest BCUT2D eigenvalue weighted by molar-refractivity contribution is 7.99. The highest BCUT2D eigenvalue weighted by Crippen LogP contribution is 2.23. The van der Waals surface area contributed by atoms with E-state index in [1.807, 2.05) is 73.9 Å². The van der Waals surface area contributed by atoms with Crippen LogP contribution in [0.5, 0.6) is 0 Å². The van der Waals surface area contributed by atoms with Gasteiger partial charge in [-0.1, -0.05) is 48.2 Å². The van der Waals surface area contributed by atoms with Crippen molar-refractivity contribution >= 4 is 40.6 Å². The quantitative estimate of drug-likeness (QED) is 0.187. The smallest absolute Gasteiger partial charge is 0.252 e. The van der Waals surface area contributed by atoms with Gasteiger partial charge in [-0.15, -0.1) is 10.2 Å². The summed E-state index contributed by atoms with van der Waals surface area (Å²) in [6.07, 6.45) is 0. The highest BCUT2D eigenvalue weighted by atomic mass is 32.2. The van der Waals surface area contributed by atoms with E-state index in [0.29, 0.717) is 34.5 Å². The van der Waals surface area contributed by atoms with Crippen molar-refractivity contribution in [3.63, 3.8) is 0 Å². The minimum absolute atomic E-state index is 0.164. The number of carbonyl (C=O) groups excluding carboxylic acids is 2. The molecule has 0 bridgehead atoms. The number of carbonyl (C=O) groups is 2. The standard InChI is InChI=1S/C28H29N7O2S/c1-4-35-26(20(3)29-27(37)24-13-9-8-10-19(24)2)33-34-28(35)38-18-25(36)30-21-14-16-23(17-15-21)32-31-22-11-6-5-7-12-22/h5-17,20H,4,18H2,1-3H3,(H,29,37)(H,30,36)/t20-/m0/s1. The molecule has 0 saturated heterocycles. The van der Waals surface area contributed by atoms with Gasteiger partial charge in [0.25, 0.3) is 5.91 Å². The van der Waals surface area contributed by atoms with Gasteiger partial charge in [0.2, 0.25) is 5.91 Å². The summed E-state index contributed by atoms with van der Waals surface area (Å²) >= 11 is 1.29. The topological polar surface area (TPSA) is 114 Å². The molecule has 3 aromatic carbocycles. The summed E-state index contributed by atoms with van der Waals surface area (Å²) in [5.41, 5.74) is 3.66. The summed E-state index contributed by atoms with van der Waals surface area (Å²) in [6.45, 7) is 6.36. The molecule has 1 aromatic heterocycles. The van der Waals surface area contributed by atoms with Crippen molar-refractivity contribution in [1.29, 1.82) is 0 Å². The van der Waals surface area contributed by atoms with E-state index >= 15 is 0 Å². The van der Waals surface area contributed by atoms with Gasteiger partial charge in [0.15, 0.2) is 11.0 Å². The minimum Gasteiger partial charge on any atom is -0.342 e. The Bertz CT molecular complexity index is 1420. The molecule has 1 heterocycles. The summed E-state index contributed by atoms with van der Waals surface area (Å²) in [5.74, 6) is 0.471. The molecule has 9 nitrogen and oxygen atoms in total. The Labute approximate surface area is 225 Å². The van der Waals surface area contributed by atoms with Gasteiger partial charge in [0, 0.05) is 17.8 Å². The van der Waals surface area contributed by atoms with Crippen molar-refractivity contribution < 1.29 is 9.59 Å². The Morgan fingerprint density at radius 2 is 1.58 bits per heavy atom. The van der Waals surface area contributed by atoms with Gasteiger partial charge in [0.1, 0.15) is 0 Å². The number of anilines is 1. The predicted octanol–water partition coefficient (Wildman–Crippen LogP) is 6.24. The van der Waals surface area contributed by atoms with Gasteiger partial charge in [-0.3, -0.25) is 9.59 Å². The number of nitrogens with one attached hydrogen (secondary N) is 2. The third kappa shape index (κ3) is 6.92. The van der Waals surface area contributed by atoms with Gasteiger partial charge < -0.3 is 15.2 Å². The highest BCUT2D eigenvalue weighted by Gasteiger charge is 2.20. The number of hydrogen-bond donors (Lipinski definition) is 2. The average molecular weight is 528 g/mol. The lowest BCUT2D eigenvalue weighted by molar-refractivity contribution is -0.113. The molecule has 194 valence electrons. The lowest BCUT2D eigenvalue weighted by atomic mass is 10.1. The Kier molecular flexibility index (Phi) is 8.99. The molecule has 0 unspecified atom stereocenters. The van der Waals surface area contributed by atoms with Crippen molar-refractivity contribution in [3.05, 3.63) is 95.8 Å². The number of benzene rings is 3. The van der Waals surface area contributed by atoms with Crippen LogP contribution in [-0.2, 0) is 11.3 Å². The maximum absolute atomic E-state index is 12.7. The fourth-order valence-electron chi connectivity index (χ4n) is 3.74. The molecule has 0 aliphatic heterocycles. The maximum atomic E-state index is 12.7.